The Hall–Kier alpha value is -1.26. The second kappa shape index (κ2) is 6.61. The molecule has 5 heteroatoms. The Balaban J connectivity index is 2.26. The summed E-state index contributed by atoms with van der Waals surface area (Å²) in [5.74, 6) is -0.883. The fourth-order valence-electron chi connectivity index (χ4n) is 2.23. The van der Waals surface area contributed by atoms with Crippen LogP contribution in [0, 0.1) is 5.41 Å². The first kappa shape index (κ1) is 14.8. The predicted molar refractivity (Wildman–Crippen MR) is 69.4 cm³/mol. The molecule has 1 atom stereocenters. The Kier molecular flexibility index (Phi) is 5.44. The topological polar surface area (TPSA) is 78.4 Å². The van der Waals surface area contributed by atoms with Gasteiger partial charge in [-0.15, -0.1) is 0 Å². The lowest BCUT2D eigenvalue weighted by molar-refractivity contribution is -0.137. The average Bonchev–Trinajstić information content (AvgIpc) is 3.06. The van der Waals surface area contributed by atoms with Crippen LogP contribution >= 0.6 is 0 Å². The molecule has 104 valence electrons. The molecule has 0 spiro atoms. The molecular formula is C13H24N2O3. The number of aliphatic carboxylic acids is 1. The molecule has 1 unspecified atom stereocenters. The highest BCUT2D eigenvalue weighted by Gasteiger charge is 2.41. The first-order chi connectivity index (χ1) is 8.51. The van der Waals surface area contributed by atoms with Crippen molar-refractivity contribution in [2.75, 3.05) is 6.54 Å². The zero-order valence-electron chi connectivity index (χ0n) is 11.3. The normalized spacial score (nSPS) is 17.9. The molecule has 0 aromatic carbocycles. The molecule has 2 amide bonds. The zero-order chi connectivity index (χ0) is 13.6. The number of rotatable bonds is 8. The summed E-state index contributed by atoms with van der Waals surface area (Å²) in [6.45, 7) is 4.73. The highest BCUT2D eigenvalue weighted by Crippen LogP contribution is 2.48. The van der Waals surface area contributed by atoms with Crippen molar-refractivity contribution in [3.05, 3.63) is 0 Å². The van der Waals surface area contributed by atoms with E-state index in [1.807, 2.05) is 6.92 Å². The van der Waals surface area contributed by atoms with Crippen LogP contribution in [0.15, 0.2) is 0 Å². The third-order valence-corrected chi connectivity index (χ3v) is 3.61. The molecule has 1 rings (SSSR count). The summed E-state index contributed by atoms with van der Waals surface area (Å²) >= 11 is 0. The maximum atomic E-state index is 11.7. The summed E-state index contributed by atoms with van der Waals surface area (Å²) in [5.41, 5.74) is 0.320. The van der Waals surface area contributed by atoms with Crippen molar-refractivity contribution in [2.45, 2.75) is 58.4 Å². The van der Waals surface area contributed by atoms with Gasteiger partial charge in [0.2, 0.25) is 0 Å². The lowest BCUT2D eigenvalue weighted by Crippen LogP contribution is -2.44. The maximum Gasteiger partial charge on any atom is 0.315 e. The molecule has 0 heterocycles. The minimum Gasteiger partial charge on any atom is -0.481 e. The minimum absolute atomic E-state index is 0.0238. The van der Waals surface area contributed by atoms with Gasteiger partial charge in [0.15, 0.2) is 0 Å². The maximum absolute atomic E-state index is 11.7. The van der Waals surface area contributed by atoms with Crippen molar-refractivity contribution >= 4 is 12.0 Å². The fraction of sp³-hybridized carbons (Fsp3) is 0.846. The van der Waals surface area contributed by atoms with Crippen LogP contribution in [0.2, 0.25) is 0 Å². The molecule has 1 aliphatic carbocycles. The molecule has 18 heavy (non-hydrogen) atoms. The van der Waals surface area contributed by atoms with Crippen LogP contribution in [0.1, 0.15) is 52.4 Å². The highest BCUT2D eigenvalue weighted by molar-refractivity contribution is 5.75. The molecule has 0 aliphatic heterocycles. The quantitative estimate of drug-likeness (QED) is 0.622. The first-order valence-electron chi connectivity index (χ1n) is 6.77. The summed E-state index contributed by atoms with van der Waals surface area (Å²) < 4.78 is 0. The Bertz CT molecular complexity index is 301. The van der Waals surface area contributed by atoms with Gasteiger partial charge in [0.1, 0.15) is 0 Å². The molecule has 0 bridgehead atoms. The van der Waals surface area contributed by atoms with Crippen LogP contribution < -0.4 is 10.6 Å². The number of carbonyl (C=O) groups excluding carboxylic acids is 1. The van der Waals surface area contributed by atoms with Crippen molar-refractivity contribution in [2.24, 2.45) is 5.41 Å². The number of amides is 2. The Labute approximate surface area is 108 Å². The van der Waals surface area contributed by atoms with E-state index in [9.17, 15) is 9.59 Å². The van der Waals surface area contributed by atoms with Gasteiger partial charge in [-0.1, -0.05) is 20.3 Å². The van der Waals surface area contributed by atoms with E-state index in [-0.39, 0.29) is 18.5 Å². The summed E-state index contributed by atoms with van der Waals surface area (Å²) in [4.78, 5) is 22.2. The van der Waals surface area contributed by atoms with Crippen LogP contribution in [0.5, 0.6) is 0 Å². The van der Waals surface area contributed by atoms with Gasteiger partial charge in [-0.3, -0.25) is 4.79 Å². The Morgan fingerprint density at radius 3 is 2.44 bits per heavy atom. The SMILES string of the molecule is CCCC1(CNC(=O)NC(CC)CC(=O)O)CC1. The minimum atomic E-state index is -0.883. The van der Waals surface area contributed by atoms with E-state index in [4.69, 9.17) is 5.11 Å². The number of hydrogen-bond acceptors (Lipinski definition) is 2. The number of urea groups is 1. The summed E-state index contributed by atoms with van der Waals surface area (Å²) in [6, 6.07) is -0.533. The van der Waals surface area contributed by atoms with E-state index in [1.165, 1.54) is 12.8 Å². The summed E-state index contributed by atoms with van der Waals surface area (Å²) in [7, 11) is 0. The molecule has 0 aromatic rings. The predicted octanol–water partition coefficient (Wildman–Crippen LogP) is 2.12. The van der Waals surface area contributed by atoms with Crippen LogP contribution in [0.4, 0.5) is 4.79 Å². The largest absolute Gasteiger partial charge is 0.481 e. The van der Waals surface area contributed by atoms with Gasteiger partial charge in [0, 0.05) is 12.6 Å². The van der Waals surface area contributed by atoms with Crippen LogP contribution in [-0.4, -0.2) is 29.7 Å². The van der Waals surface area contributed by atoms with Crippen molar-refractivity contribution in [3.63, 3.8) is 0 Å². The Morgan fingerprint density at radius 2 is 2.00 bits per heavy atom. The highest BCUT2D eigenvalue weighted by atomic mass is 16.4. The molecule has 1 saturated carbocycles. The van der Waals surface area contributed by atoms with Gasteiger partial charge >= 0.3 is 12.0 Å². The van der Waals surface area contributed by atoms with Gasteiger partial charge < -0.3 is 15.7 Å². The van der Waals surface area contributed by atoms with Crippen molar-refractivity contribution in [1.82, 2.24) is 10.6 Å². The van der Waals surface area contributed by atoms with Crippen LogP contribution in [0.3, 0.4) is 0 Å². The zero-order valence-corrected chi connectivity index (χ0v) is 11.3. The number of carbonyl (C=O) groups is 2. The molecule has 0 saturated heterocycles. The van der Waals surface area contributed by atoms with Crippen LogP contribution in [-0.2, 0) is 4.79 Å². The summed E-state index contributed by atoms with van der Waals surface area (Å²) in [5, 5.41) is 14.3. The molecule has 0 aromatic heterocycles. The molecule has 5 nitrogen and oxygen atoms in total. The van der Waals surface area contributed by atoms with E-state index >= 15 is 0 Å². The number of nitrogens with one attached hydrogen (secondary N) is 2. The lowest BCUT2D eigenvalue weighted by Gasteiger charge is -2.18. The first-order valence-corrected chi connectivity index (χ1v) is 6.77. The second-order valence-electron chi connectivity index (χ2n) is 5.28. The van der Waals surface area contributed by atoms with Gasteiger partial charge in [-0.05, 0) is 31.1 Å². The van der Waals surface area contributed by atoms with E-state index < -0.39 is 5.97 Å². The van der Waals surface area contributed by atoms with E-state index in [1.54, 1.807) is 0 Å². The third kappa shape index (κ3) is 4.94. The monoisotopic (exact) mass is 256 g/mol. The summed E-state index contributed by atoms with van der Waals surface area (Å²) in [6.07, 6.45) is 5.27. The molecular weight excluding hydrogens is 232 g/mol. The molecule has 3 N–H and O–H groups in total. The van der Waals surface area contributed by atoms with Gasteiger partial charge in [-0.25, -0.2) is 4.79 Å². The van der Waals surface area contributed by atoms with Gasteiger partial charge in [-0.2, -0.15) is 0 Å². The van der Waals surface area contributed by atoms with Crippen molar-refractivity contribution in [3.8, 4) is 0 Å². The lowest BCUT2D eigenvalue weighted by atomic mass is 10.0. The van der Waals surface area contributed by atoms with E-state index in [0.717, 1.165) is 12.8 Å². The standard InChI is InChI=1S/C13H24N2O3/c1-3-5-13(6-7-13)9-14-12(18)15-10(4-2)8-11(16)17/h10H,3-9H2,1-2H3,(H,16,17)(H2,14,15,18). The fourth-order valence-corrected chi connectivity index (χ4v) is 2.23. The molecule has 1 aliphatic rings. The molecule has 1 fully saturated rings. The Morgan fingerprint density at radius 1 is 1.33 bits per heavy atom. The molecule has 0 radical (unpaired) electrons. The van der Waals surface area contributed by atoms with Crippen LogP contribution in [0.25, 0.3) is 0 Å². The van der Waals surface area contributed by atoms with Crippen molar-refractivity contribution in [1.29, 1.82) is 0 Å². The van der Waals surface area contributed by atoms with E-state index in [0.29, 0.717) is 18.4 Å². The second-order valence-corrected chi connectivity index (χ2v) is 5.28. The van der Waals surface area contributed by atoms with Gasteiger partial charge in [0.25, 0.3) is 0 Å². The number of carboxylic acid groups (broad SMARTS) is 1. The third-order valence-electron chi connectivity index (χ3n) is 3.61. The average molecular weight is 256 g/mol. The smallest absolute Gasteiger partial charge is 0.315 e. The van der Waals surface area contributed by atoms with Crippen molar-refractivity contribution < 1.29 is 14.7 Å². The number of carboxylic acids is 1. The van der Waals surface area contributed by atoms with Gasteiger partial charge in [0.05, 0.1) is 6.42 Å². The van der Waals surface area contributed by atoms with E-state index in [2.05, 4.69) is 17.6 Å². The number of hydrogen-bond donors (Lipinski definition) is 3.